The van der Waals surface area contributed by atoms with Crippen LogP contribution >= 0.6 is 0 Å². The van der Waals surface area contributed by atoms with Crippen LogP contribution in [0.25, 0.3) is 0 Å². The zero-order valence-corrected chi connectivity index (χ0v) is 48.9. The molecule has 384 valence electrons. The highest BCUT2D eigenvalue weighted by atomic mass is 16.3. The Labute approximate surface area is 424 Å². The molecule has 3 nitrogen and oxygen atoms in total. The van der Waals surface area contributed by atoms with Gasteiger partial charge in [-0.3, -0.25) is 0 Å². The molecular weight excluding hydrogens is 841 g/mol. The Morgan fingerprint density at radius 1 is 0.319 bits per heavy atom. The van der Waals surface area contributed by atoms with E-state index in [1.807, 2.05) is 0 Å². The van der Waals surface area contributed by atoms with Gasteiger partial charge in [0.05, 0.1) is 0 Å². The predicted molar refractivity (Wildman–Crippen MR) is 301 cm³/mol. The fourth-order valence-corrected chi connectivity index (χ4v) is 11.5. The Bertz CT molecular complexity index is 2020. The average Bonchev–Trinajstić information content (AvgIpc) is 3.19. The quantitative estimate of drug-likeness (QED) is 0.111. The van der Waals surface area contributed by atoms with Crippen molar-refractivity contribution in [3.8, 4) is 17.2 Å². The molecule has 0 radical (unpaired) electrons. The second-order valence-corrected chi connectivity index (χ2v) is 27.6. The molecule has 0 amide bonds. The number of hydrogen-bond donors (Lipinski definition) is 3. The van der Waals surface area contributed by atoms with Gasteiger partial charge in [0.25, 0.3) is 0 Å². The van der Waals surface area contributed by atoms with Gasteiger partial charge in [-0.2, -0.15) is 0 Å². The summed E-state index contributed by atoms with van der Waals surface area (Å²) in [7, 11) is 0. The third kappa shape index (κ3) is 12.7. The zero-order chi connectivity index (χ0) is 52.7. The van der Waals surface area contributed by atoms with Crippen LogP contribution < -0.4 is 0 Å². The van der Waals surface area contributed by atoms with Crippen molar-refractivity contribution < 1.29 is 15.3 Å². The van der Waals surface area contributed by atoms with Crippen LogP contribution in [0.5, 0.6) is 17.2 Å². The van der Waals surface area contributed by atoms with E-state index >= 15 is 0 Å². The summed E-state index contributed by atoms with van der Waals surface area (Å²) in [5, 5.41) is 36.4. The number of benzene rings is 4. The van der Waals surface area contributed by atoms with E-state index in [2.05, 4.69) is 203 Å². The molecule has 3 heteroatoms. The molecular formula is C66H102O3. The van der Waals surface area contributed by atoms with Crippen molar-refractivity contribution in [1.29, 1.82) is 0 Å². The molecule has 0 bridgehead atoms. The molecule has 0 heterocycles. The molecule has 4 aromatic rings. The standard InChI is InChI=1S/C66H102O3/c1-25-28-31-46(43-34-49(61(7,8)9)58(67)50(35-43)62(10,11)12)55-40(4)56(47(32-29-26-2)44-36-51(63(13,14)15)59(68)52(37-44)64(16,17)18)42(6)57(41(55)5)48(33-30-27-3)45-38-53(65(19,20)21)60(69)54(39-45)66(22,23)24/h34-39,46-48,67-69H,25-33H2,1-24H3. The van der Waals surface area contributed by atoms with Crippen molar-refractivity contribution >= 4 is 0 Å². The summed E-state index contributed by atoms with van der Waals surface area (Å²) in [4.78, 5) is 0. The van der Waals surface area contributed by atoms with Crippen molar-refractivity contribution in [1.82, 2.24) is 0 Å². The van der Waals surface area contributed by atoms with Crippen molar-refractivity contribution in [3.63, 3.8) is 0 Å². The van der Waals surface area contributed by atoms with Gasteiger partial charge < -0.3 is 15.3 Å². The highest BCUT2D eigenvalue weighted by Gasteiger charge is 2.37. The van der Waals surface area contributed by atoms with Crippen LogP contribution in [0.3, 0.4) is 0 Å². The second-order valence-electron chi connectivity index (χ2n) is 27.6. The zero-order valence-electron chi connectivity index (χ0n) is 48.9. The molecule has 0 aliphatic carbocycles. The van der Waals surface area contributed by atoms with Gasteiger partial charge in [-0.05, 0) is 156 Å². The summed E-state index contributed by atoms with van der Waals surface area (Å²) in [5.41, 5.74) is 16.8. The topological polar surface area (TPSA) is 60.7 Å². The van der Waals surface area contributed by atoms with E-state index in [0.29, 0.717) is 17.2 Å². The normalized spacial score (nSPS) is 14.6. The first-order chi connectivity index (χ1) is 31.4. The smallest absolute Gasteiger partial charge is 0.123 e. The lowest BCUT2D eigenvalue weighted by molar-refractivity contribution is 0.421. The monoisotopic (exact) mass is 943 g/mol. The van der Waals surface area contributed by atoms with E-state index < -0.39 is 0 Å². The SMILES string of the molecule is CCCCC(c1cc(C(C)(C)C)c(O)c(C(C)(C)C)c1)c1c(C)c(C(CCCC)c2cc(C(C)(C)C)c(O)c(C(C)(C)C)c2)c(C)c(C(CCCC)c2cc(C(C)(C)C)c(O)c(C(C)(C)C)c2)c1C. The van der Waals surface area contributed by atoms with Gasteiger partial charge in [0, 0.05) is 17.8 Å². The first-order valence-corrected chi connectivity index (χ1v) is 27.2. The van der Waals surface area contributed by atoms with E-state index in [-0.39, 0.29) is 50.2 Å². The van der Waals surface area contributed by atoms with Crippen LogP contribution in [0.1, 0.15) is 304 Å². The van der Waals surface area contributed by atoms with Gasteiger partial charge in [0.15, 0.2) is 0 Å². The lowest BCUT2D eigenvalue weighted by Gasteiger charge is -2.36. The average molecular weight is 944 g/mol. The minimum Gasteiger partial charge on any atom is -0.507 e. The Morgan fingerprint density at radius 2 is 0.478 bits per heavy atom. The molecule has 4 aromatic carbocycles. The van der Waals surface area contributed by atoms with Crippen molar-refractivity contribution in [2.75, 3.05) is 0 Å². The maximum Gasteiger partial charge on any atom is 0.123 e. The highest BCUT2D eigenvalue weighted by Crippen LogP contribution is 2.52. The maximum absolute atomic E-state index is 12.1. The minimum absolute atomic E-state index is 0.0923. The molecule has 0 aliphatic rings. The number of aromatic hydroxyl groups is 3. The fraction of sp³-hybridized carbons (Fsp3) is 0.636. The third-order valence-corrected chi connectivity index (χ3v) is 15.5. The van der Waals surface area contributed by atoms with Crippen molar-refractivity contribution in [2.24, 2.45) is 0 Å². The minimum atomic E-state index is -0.262. The number of unbranched alkanes of at least 4 members (excludes halogenated alkanes) is 3. The predicted octanol–water partition coefficient (Wildman–Crippen LogP) is 19.5. The highest BCUT2D eigenvalue weighted by molar-refractivity contribution is 5.63. The molecule has 69 heavy (non-hydrogen) atoms. The van der Waals surface area contributed by atoms with E-state index in [9.17, 15) is 15.3 Å². The van der Waals surface area contributed by atoms with Gasteiger partial charge >= 0.3 is 0 Å². The third-order valence-electron chi connectivity index (χ3n) is 15.5. The molecule has 3 unspecified atom stereocenters. The van der Waals surface area contributed by atoms with Crippen molar-refractivity contribution in [3.05, 3.63) is 120 Å². The molecule has 0 saturated carbocycles. The van der Waals surface area contributed by atoms with E-state index in [4.69, 9.17) is 0 Å². The van der Waals surface area contributed by atoms with Crippen LogP contribution in [0.4, 0.5) is 0 Å². The molecule has 0 aliphatic heterocycles. The lowest BCUT2D eigenvalue weighted by Crippen LogP contribution is -2.22. The van der Waals surface area contributed by atoms with Gasteiger partial charge in [-0.1, -0.05) is 220 Å². The molecule has 3 atom stereocenters. The van der Waals surface area contributed by atoms with Gasteiger partial charge in [0.1, 0.15) is 17.2 Å². The fourth-order valence-electron chi connectivity index (χ4n) is 11.5. The first-order valence-electron chi connectivity index (χ1n) is 27.2. The molecule has 0 spiro atoms. The summed E-state index contributed by atoms with van der Waals surface area (Å²) in [6, 6.07) is 14.2. The lowest BCUT2D eigenvalue weighted by atomic mass is 9.68. The molecule has 0 fully saturated rings. The van der Waals surface area contributed by atoms with Gasteiger partial charge in [0.2, 0.25) is 0 Å². The molecule has 4 rings (SSSR count). The van der Waals surface area contributed by atoms with Gasteiger partial charge in [-0.25, -0.2) is 0 Å². The Hall–Kier alpha value is -3.72. The molecule has 3 N–H and O–H groups in total. The van der Waals surface area contributed by atoms with Crippen LogP contribution in [0.15, 0.2) is 36.4 Å². The first kappa shape index (κ1) is 57.9. The summed E-state index contributed by atoms with van der Waals surface area (Å²) < 4.78 is 0. The van der Waals surface area contributed by atoms with E-state index in [1.165, 1.54) is 50.1 Å². The van der Waals surface area contributed by atoms with Gasteiger partial charge in [-0.15, -0.1) is 0 Å². The van der Waals surface area contributed by atoms with Crippen LogP contribution in [-0.4, -0.2) is 15.3 Å². The Balaban J connectivity index is 2.44. The molecule has 0 aromatic heterocycles. The number of rotatable bonds is 15. The van der Waals surface area contributed by atoms with Crippen molar-refractivity contribution in [2.45, 2.75) is 274 Å². The van der Waals surface area contributed by atoms with E-state index in [0.717, 1.165) is 91.2 Å². The number of hydrogen-bond acceptors (Lipinski definition) is 3. The number of phenols is 3. The summed E-state index contributed by atoms with van der Waals surface area (Å²) in [6.07, 6.45) is 9.52. The largest absolute Gasteiger partial charge is 0.507 e. The van der Waals surface area contributed by atoms with E-state index in [1.54, 1.807) is 0 Å². The van der Waals surface area contributed by atoms with Crippen LogP contribution in [0, 0.1) is 20.8 Å². The summed E-state index contributed by atoms with van der Waals surface area (Å²) in [6.45, 7) is 54.5. The Morgan fingerprint density at radius 3 is 0.609 bits per heavy atom. The Kier molecular flexibility index (Phi) is 17.7. The summed E-state index contributed by atoms with van der Waals surface area (Å²) in [5.74, 6) is 1.57. The number of phenolic OH excluding ortho intramolecular Hbond substituents is 3. The second kappa shape index (κ2) is 21.2. The van der Waals surface area contributed by atoms with Crippen LogP contribution in [0.2, 0.25) is 0 Å². The summed E-state index contributed by atoms with van der Waals surface area (Å²) >= 11 is 0. The molecule has 0 saturated heterocycles. The maximum atomic E-state index is 12.1. The van der Waals surface area contributed by atoms with Crippen LogP contribution in [-0.2, 0) is 32.5 Å².